The molecule has 2 N–H and O–H groups in total. The molecule has 0 atom stereocenters. The average molecular weight is 244 g/mol. The van der Waals surface area contributed by atoms with Crippen LogP contribution in [0.15, 0.2) is 24.7 Å². The molecule has 5 heteroatoms. The predicted molar refractivity (Wildman–Crippen MR) is 70.2 cm³/mol. The van der Waals surface area contributed by atoms with Gasteiger partial charge in [0, 0.05) is 36.5 Å². The van der Waals surface area contributed by atoms with Crippen LogP contribution in [0.1, 0.15) is 30.8 Å². The quantitative estimate of drug-likeness (QED) is 0.836. The van der Waals surface area contributed by atoms with Gasteiger partial charge in [-0.05, 0) is 13.0 Å². The van der Waals surface area contributed by atoms with Gasteiger partial charge in [0.25, 0.3) is 0 Å². The molecule has 18 heavy (non-hydrogen) atoms. The number of pyridine rings is 1. The average Bonchev–Trinajstić information content (AvgIpc) is 2.86. The molecule has 0 fully saturated rings. The maximum Gasteiger partial charge on any atom is 0.183 e. The molecular weight excluding hydrogens is 228 g/mol. The van der Waals surface area contributed by atoms with E-state index in [1.165, 1.54) is 0 Å². The lowest BCUT2D eigenvalue weighted by atomic mass is 10.1. The molecule has 94 valence electrons. The van der Waals surface area contributed by atoms with Crippen molar-refractivity contribution in [3.05, 3.63) is 30.4 Å². The van der Waals surface area contributed by atoms with E-state index < -0.39 is 0 Å². The molecular formula is C13H16N4O. The second kappa shape index (κ2) is 5.00. The number of hydrogen-bond donors (Lipinski definition) is 1. The summed E-state index contributed by atoms with van der Waals surface area (Å²) in [6.45, 7) is 4.63. The van der Waals surface area contributed by atoms with Gasteiger partial charge in [-0.3, -0.25) is 14.5 Å². The Morgan fingerprint density at radius 2 is 2.11 bits per heavy atom. The number of ketones is 1. The lowest BCUT2D eigenvalue weighted by Crippen LogP contribution is -2.05. The van der Waals surface area contributed by atoms with Crippen LogP contribution in [0.3, 0.4) is 0 Å². The van der Waals surface area contributed by atoms with Gasteiger partial charge in [-0.2, -0.15) is 5.10 Å². The lowest BCUT2D eigenvalue weighted by Gasteiger charge is -2.04. The fourth-order valence-corrected chi connectivity index (χ4v) is 1.73. The highest BCUT2D eigenvalue weighted by Gasteiger charge is 2.11. The van der Waals surface area contributed by atoms with E-state index in [4.69, 9.17) is 5.73 Å². The van der Waals surface area contributed by atoms with Gasteiger partial charge in [-0.15, -0.1) is 0 Å². The maximum atomic E-state index is 11.6. The highest BCUT2D eigenvalue weighted by Crippen LogP contribution is 2.22. The van der Waals surface area contributed by atoms with Crippen molar-refractivity contribution in [3.8, 4) is 11.1 Å². The highest BCUT2D eigenvalue weighted by atomic mass is 16.1. The molecule has 0 amide bonds. The normalized spacial score (nSPS) is 10.6. The third-order valence-electron chi connectivity index (χ3n) is 2.79. The summed E-state index contributed by atoms with van der Waals surface area (Å²) in [6, 6.07) is 1.77. The number of Topliss-reactive ketones (excluding diaryl/α,β-unsaturated/α-hetero) is 1. The molecule has 2 aromatic heterocycles. The van der Waals surface area contributed by atoms with Crippen LogP contribution >= 0.6 is 0 Å². The van der Waals surface area contributed by atoms with E-state index in [-0.39, 0.29) is 5.78 Å². The maximum absolute atomic E-state index is 11.6. The Balaban J connectivity index is 2.36. The van der Waals surface area contributed by atoms with Crippen molar-refractivity contribution < 1.29 is 4.79 Å². The summed E-state index contributed by atoms with van der Waals surface area (Å²) in [7, 11) is 0. The zero-order valence-corrected chi connectivity index (χ0v) is 10.6. The lowest BCUT2D eigenvalue weighted by molar-refractivity contribution is 0.0984. The molecule has 0 aliphatic rings. The SMILES string of the molecule is CCC(=O)c1ncc(-c2cnn(CC)c2)cc1N. The molecule has 0 saturated carbocycles. The molecule has 0 saturated heterocycles. The van der Waals surface area contributed by atoms with Gasteiger partial charge in [0.1, 0.15) is 5.69 Å². The van der Waals surface area contributed by atoms with Gasteiger partial charge >= 0.3 is 0 Å². The van der Waals surface area contributed by atoms with Crippen LogP contribution in [0.4, 0.5) is 5.69 Å². The molecule has 2 aromatic rings. The first kappa shape index (κ1) is 12.3. The van der Waals surface area contributed by atoms with E-state index >= 15 is 0 Å². The standard InChI is InChI=1S/C13H16N4O/c1-3-12(18)13-11(14)5-9(6-15-13)10-7-16-17(4-2)8-10/h5-8H,3-4,14H2,1-2H3. The summed E-state index contributed by atoms with van der Waals surface area (Å²) >= 11 is 0. The minimum absolute atomic E-state index is 0.0386. The van der Waals surface area contributed by atoms with Crippen LogP contribution in [-0.2, 0) is 6.54 Å². The van der Waals surface area contributed by atoms with Crippen LogP contribution in [-0.4, -0.2) is 20.5 Å². The molecule has 0 radical (unpaired) electrons. The molecule has 5 nitrogen and oxygen atoms in total. The van der Waals surface area contributed by atoms with E-state index in [2.05, 4.69) is 10.1 Å². The number of aromatic nitrogens is 3. The Morgan fingerprint density at radius 1 is 1.33 bits per heavy atom. The first-order valence-electron chi connectivity index (χ1n) is 5.97. The Kier molecular flexibility index (Phi) is 3.41. The summed E-state index contributed by atoms with van der Waals surface area (Å²) < 4.78 is 1.83. The Labute approximate surface area is 106 Å². The molecule has 0 aliphatic carbocycles. The molecule has 2 rings (SSSR count). The summed E-state index contributed by atoms with van der Waals surface area (Å²) in [4.78, 5) is 15.7. The van der Waals surface area contributed by atoms with Crippen molar-refractivity contribution in [2.24, 2.45) is 0 Å². The highest BCUT2D eigenvalue weighted by molar-refractivity contribution is 5.99. The van der Waals surface area contributed by atoms with Crippen LogP contribution in [0, 0.1) is 0 Å². The second-order valence-corrected chi connectivity index (χ2v) is 4.02. The number of nitrogens with zero attached hydrogens (tertiary/aromatic N) is 3. The number of nitrogen functional groups attached to an aromatic ring is 1. The monoisotopic (exact) mass is 244 g/mol. The van der Waals surface area contributed by atoms with E-state index in [1.807, 2.05) is 17.8 Å². The summed E-state index contributed by atoms with van der Waals surface area (Å²) in [5.74, 6) is -0.0386. The van der Waals surface area contributed by atoms with E-state index in [0.717, 1.165) is 17.7 Å². The topological polar surface area (TPSA) is 73.8 Å². The van der Waals surface area contributed by atoms with Gasteiger partial charge in [-0.1, -0.05) is 6.92 Å². The number of hydrogen-bond acceptors (Lipinski definition) is 4. The van der Waals surface area contributed by atoms with Crippen molar-refractivity contribution in [2.75, 3.05) is 5.73 Å². The van der Waals surface area contributed by atoms with Gasteiger partial charge < -0.3 is 5.73 Å². The Morgan fingerprint density at radius 3 is 2.67 bits per heavy atom. The van der Waals surface area contributed by atoms with Crippen LogP contribution in [0.25, 0.3) is 11.1 Å². The largest absolute Gasteiger partial charge is 0.397 e. The first-order valence-corrected chi connectivity index (χ1v) is 5.97. The van der Waals surface area contributed by atoms with Gasteiger partial charge in [0.15, 0.2) is 5.78 Å². The molecule has 0 spiro atoms. The van der Waals surface area contributed by atoms with Gasteiger partial charge in [-0.25, -0.2) is 0 Å². The van der Waals surface area contributed by atoms with E-state index in [1.54, 1.807) is 25.4 Å². The minimum Gasteiger partial charge on any atom is -0.397 e. The Bertz CT molecular complexity index is 574. The van der Waals surface area contributed by atoms with Crippen LogP contribution in [0.5, 0.6) is 0 Å². The van der Waals surface area contributed by atoms with Crippen LogP contribution < -0.4 is 5.73 Å². The number of anilines is 1. The third kappa shape index (κ3) is 2.25. The number of rotatable bonds is 4. The summed E-state index contributed by atoms with van der Waals surface area (Å²) in [5.41, 5.74) is 8.46. The van der Waals surface area contributed by atoms with Crippen molar-refractivity contribution in [3.63, 3.8) is 0 Å². The third-order valence-corrected chi connectivity index (χ3v) is 2.79. The Hall–Kier alpha value is -2.17. The first-order chi connectivity index (χ1) is 8.65. The summed E-state index contributed by atoms with van der Waals surface area (Å²) in [5, 5.41) is 4.20. The van der Waals surface area contributed by atoms with Crippen LogP contribution in [0.2, 0.25) is 0 Å². The summed E-state index contributed by atoms with van der Waals surface area (Å²) in [6.07, 6.45) is 5.76. The van der Waals surface area contributed by atoms with Gasteiger partial charge in [0.05, 0.1) is 11.9 Å². The second-order valence-electron chi connectivity index (χ2n) is 4.02. The number of carbonyl (C=O) groups is 1. The van der Waals surface area contributed by atoms with E-state index in [9.17, 15) is 4.79 Å². The molecule has 0 bridgehead atoms. The van der Waals surface area contributed by atoms with Crippen molar-refractivity contribution in [2.45, 2.75) is 26.8 Å². The smallest absolute Gasteiger partial charge is 0.183 e. The number of nitrogens with two attached hydrogens (primary N) is 1. The fraction of sp³-hybridized carbons (Fsp3) is 0.308. The zero-order valence-electron chi connectivity index (χ0n) is 10.6. The number of aryl methyl sites for hydroxylation is 1. The number of carbonyl (C=O) groups excluding carboxylic acids is 1. The van der Waals surface area contributed by atoms with Crippen molar-refractivity contribution >= 4 is 11.5 Å². The molecule has 0 aliphatic heterocycles. The zero-order chi connectivity index (χ0) is 13.1. The van der Waals surface area contributed by atoms with Crippen molar-refractivity contribution in [1.29, 1.82) is 0 Å². The molecule has 2 heterocycles. The fourth-order valence-electron chi connectivity index (χ4n) is 1.73. The minimum atomic E-state index is -0.0386. The predicted octanol–water partition coefficient (Wildman–Crippen LogP) is 2.14. The molecule has 0 aromatic carbocycles. The molecule has 0 unspecified atom stereocenters. The van der Waals surface area contributed by atoms with Crippen molar-refractivity contribution in [1.82, 2.24) is 14.8 Å². The van der Waals surface area contributed by atoms with E-state index in [0.29, 0.717) is 17.8 Å². The van der Waals surface area contributed by atoms with Gasteiger partial charge in [0.2, 0.25) is 0 Å².